The number of H-pyrrole nitrogens is 1. The van der Waals surface area contributed by atoms with Gasteiger partial charge in [-0.15, -0.1) is 0 Å². The lowest BCUT2D eigenvalue weighted by molar-refractivity contribution is -0.897. The standard InChI is InChI=1S/C24H25FN2O3/c1-2-30-24(29)17-11-13-27(14-12-17)15-21(28)22-19-5-3-4-6-20(19)26-23(22)16-7-9-18(25)10-8-16/h3-10,17,26H,2,11-15H2,1H3/p+1. The van der Waals surface area contributed by atoms with Crippen molar-refractivity contribution in [3.05, 3.63) is 59.9 Å². The fraction of sp³-hybridized carbons (Fsp3) is 0.333. The molecule has 0 atom stereocenters. The number of ether oxygens (including phenoxy) is 1. The van der Waals surface area contributed by atoms with Crippen molar-refractivity contribution in [3.63, 3.8) is 0 Å². The number of benzene rings is 2. The summed E-state index contributed by atoms with van der Waals surface area (Å²) in [5, 5.41) is 0.877. The maximum atomic E-state index is 13.4. The Morgan fingerprint density at radius 1 is 1.10 bits per heavy atom. The Morgan fingerprint density at radius 2 is 1.80 bits per heavy atom. The number of halogens is 1. The van der Waals surface area contributed by atoms with Gasteiger partial charge in [0.15, 0.2) is 0 Å². The van der Waals surface area contributed by atoms with Crippen molar-refractivity contribution >= 4 is 22.7 Å². The Balaban J connectivity index is 1.55. The molecule has 0 spiro atoms. The largest absolute Gasteiger partial charge is 0.466 e. The van der Waals surface area contributed by atoms with E-state index in [1.807, 2.05) is 31.2 Å². The predicted octanol–water partition coefficient (Wildman–Crippen LogP) is 3.01. The van der Waals surface area contributed by atoms with Crippen LogP contribution < -0.4 is 4.90 Å². The number of para-hydroxylation sites is 1. The monoisotopic (exact) mass is 409 g/mol. The molecule has 0 aliphatic carbocycles. The Labute approximate surface area is 174 Å². The Bertz CT molecular complexity index is 1050. The van der Waals surface area contributed by atoms with Crippen molar-refractivity contribution in [1.29, 1.82) is 0 Å². The molecule has 1 aromatic heterocycles. The summed E-state index contributed by atoms with van der Waals surface area (Å²) in [6.45, 7) is 4.12. The summed E-state index contributed by atoms with van der Waals surface area (Å²) in [6.07, 6.45) is 1.47. The molecule has 6 heteroatoms. The van der Waals surface area contributed by atoms with Crippen molar-refractivity contribution < 1.29 is 23.6 Å². The second kappa shape index (κ2) is 8.79. The Kier molecular flexibility index (Phi) is 5.95. The quantitative estimate of drug-likeness (QED) is 0.486. The number of Topliss-reactive ketones (excluding diaryl/α,β-unsaturated/α-hetero) is 1. The third-order valence-corrected chi connectivity index (χ3v) is 5.84. The molecule has 2 N–H and O–H groups in total. The van der Waals surface area contributed by atoms with Crippen LogP contribution in [0.3, 0.4) is 0 Å². The van der Waals surface area contributed by atoms with Crippen LogP contribution in [-0.4, -0.2) is 43.0 Å². The molecule has 0 amide bonds. The first-order valence-electron chi connectivity index (χ1n) is 10.5. The van der Waals surface area contributed by atoms with Crippen LogP contribution in [0.2, 0.25) is 0 Å². The second-order valence-electron chi connectivity index (χ2n) is 7.80. The van der Waals surface area contributed by atoms with Crippen molar-refractivity contribution in [2.75, 3.05) is 26.2 Å². The Hall–Kier alpha value is -2.99. The lowest BCUT2D eigenvalue weighted by atomic mass is 9.96. The summed E-state index contributed by atoms with van der Waals surface area (Å²) >= 11 is 0. The molecule has 2 aromatic carbocycles. The highest BCUT2D eigenvalue weighted by atomic mass is 19.1. The molecule has 1 fully saturated rings. The third-order valence-electron chi connectivity index (χ3n) is 5.84. The summed E-state index contributed by atoms with van der Waals surface area (Å²) in [7, 11) is 0. The predicted molar refractivity (Wildman–Crippen MR) is 113 cm³/mol. The molecule has 0 bridgehead atoms. The van der Waals surface area contributed by atoms with E-state index in [4.69, 9.17) is 4.74 Å². The van der Waals surface area contributed by atoms with E-state index in [1.54, 1.807) is 12.1 Å². The maximum Gasteiger partial charge on any atom is 0.309 e. The number of ketones is 1. The molecule has 3 aromatic rings. The number of fused-ring (bicyclic) bond motifs is 1. The molecule has 1 aliphatic rings. The van der Waals surface area contributed by atoms with E-state index in [2.05, 4.69) is 4.98 Å². The Morgan fingerprint density at radius 3 is 2.50 bits per heavy atom. The van der Waals surface area contributed by atoms with E-state index < -0.39 is 0 Å². The minimum absolute atomic E-state index is 0.0522. The van der Waals surface area contributed by atoms with Crippen LogP contribution in [-0.2, 0) is 9.53 Å². The van der Waals surface area contributed by atoms with E-state index in [1.165, 1.54) is 17.0 Å². The van der Waals surface area contributed by atoms with Crippen LogP contribution in [0.25, 0.3) is 22.2 Å². The zero-order valence-corrected chi connectivity index (χ0v) is 17.0. The number of nitrogens with one attached hydrogen (secondary N) is 2. The van der Waals surface area contributed by atoms with Gasteiger partial charge in [0.2, 0.25) is 5.78 Å². The summed E-state index contributed by atoms with van der Waals surface area (Å²) in [5.74, 6) is -0.446. The third kappa shape index (κ3) is 4.14. The molecule has 2 heterocycles. The molecule has 4 rings (SSSR count). The number of carbonyl (C=O) groups excluding carboxylic acids is 2. The van der Waals surface area contributed by atoms with Gasteiger partial charge in [0.25, 0.3) is 0 Å². The molecular formula is C24H26FN2O3+. The van der Waals surface area contributed by atoms with Crippen LogP contribution in [0.1, 0.15) is 30.1 Å². The van der Waals surface area contributed by atoms with Crippen molar-refractivity contribution in [2.45, 2.75) is 19.8 Å². The molecule has 1 aliphatic heterocycles. The summed E-state index contributed by atoms with van der Waals surface area (Å²) in [4.78, 5) is 29.8. The number of aromatic nitrogens is 1. The van der Waals surface area contributed by atoms with Crippen molar-refractivity contribution in [3.8, 4) is 11.3 Å². The lowest BCUT2D eigenvalue weighted by Crippen LogP contribution is -3.14. The van der Waals surface area contributed by atoms with Gasteiger partial charge < -0.3 is 14.6 Å². The zero-order chi connectivity index (χ0) is 21.1. The van der Waals surface area contributed by atoms with Crippen LogP contribution >= 0.6 is 0 Å². The first-order valence-corrected chi connectivity index (χ1v) is 10.5. The summed E-state index contributed by atoms with van der Waals surface area (Å²) < 4.78 is 18.5. The van der Waals surface area contributed by atoms with Gasteiger partial charge >= 0.3 is 5.97 Å². The van der Waals surface area contributed by atoms with Crippen LogP contribution in [0, 0.1) is 11.7 Å². The minimum Gasteiger partial charge on any atom is -0.466 e. The van der Waals surface area contributed by atoms with E-state index >= 15 is 0 Å². The first-order chi connectivity index (χ1) is 14.6. The van der Waals surface area contributed by atoms with Gasteiger partial charge in [-0.3, -0.25) is 9.59 Å². The van der Waals surface area contributed by atoms with E-state index in [0.717, 1.165) is 48.1 Å². The smallest absolute Gasteiger partial charge is 0.309 e. The van der Waals surface area contributed by atoms with Gasteiger partial charge in [-0.25, -0.2) is 4.39 Å². The van der Waals surface area contributed by atoms with Gasteiger partial charge in [-0.2, -0.15) is 0 Å². The highest BCUT2D eigenvalue weighted by molar-refractivity contribution is 6.13. The van der Waals surface area contributed by atoms with Crippen molar-refractivity contribution in [2.24, 2.45) is 5.92 Å². The van der Waals surface area contributed by atoms with Crippen LogP contribution in [0.15, 0.2) is 48.5 Å². The number of quaternary nitrogens is 1. The van der Waals surface area contributed by atoms with Gasteiger partial charge in [-0.1, -0.05) is 18.2 Å². The number of hydrogen-bond donors (Lipinski definition) is 2. The number of piperidine rings is 1. The van der Waals surface area contributed by atoms with Gasteiger partial charge in [-0.05, 0) is 42.8 Å². The molecule has 1 saturated heterocycles. The van der Waals surface area contributed by atoms with E-state index in [0.29, 0.717) is 18.7 Å². The van der Waals surface area contributed by atoms with Crippen LogP contribution in [0.5, 0.6) is 0 Å². The molecule has 0 saturated carbocycles. The highest BCUT2D eigenvalue weighted by Crippen LogP contribution is 2.30. The number of rotatable bonds is 6. The fourth-order valence-corrected chi connectivity index (χ4v) is 4.28. The first kappa shape index (κ1) is 20.3. The lowest BCUT2D eigenvalue weighted by Gasteiger charge is -2.27. The highest BCUT2D eigenvalue weighted by Gasteiger charge is 2.30. The average Bonchev–Trinajstić information content (AvgIpc) is 3.14. The molecule has 0 unspecified atom stereocenters. The van der Waals surface area contributed by atoms with E-state index in [-0.39, 0.29) is 23.5 Å². The molecule has 156 valence electrons. The van der Waals surface area contributed by atoms with E-state index in [9.17, 15) is 14.0 Å². The number of hydrogen-bond acceptors (Lipinski definition) is 3. The zero-order valence-electron chi connectivity index (χ0n) is 17.0. The van der Waals surface area contributed by atoms with Gasteiger partial charge in [0.05, 0.1) is 36.9 Å². The van der Waals surface area contributed by atoms with Gasteiger partial charge in [0.1, 0.15) is 12.4 Å². The second-order valence-corrected chi connectivity index (χ2v) is 7.80. The summed E-state index contributed by atoms with van der Waals surface area (Å²) in [6, 6.07) is 13.9. The number of aromatic amines is 1. The van der Waals surface area contributed by atoms with Gasteiger partial charge in [0, 0.05) is 23.7 Å². The summed E-state index contributed by atoms with van der Waals surface area (Å²) in [5.41, 5.74) is 3.04. The molecule has 5 nitrogen and oxygen atoms in total. The maximum absolute atomic E-state index is 13.4. The minimum atomic E-state index is -0.309. The molecule has 30 heavy (non-hydrogen) atoms. The molecular weight excluding hydrogens is 383 g/mol. The topological polar surface area (TPSA) is 63.6 Å². The average molecular weight is 409 g/mol. The van der Waals surface area contributed by atoms with Crippen LogP contribution in [0.4, 0.5) is 4.39 Å². The normalized spacial score (nSPS) is 19.0. The van der Waals surface area contributed by atoms with Crippen molar-refractivity contribution in [1.82, 2.24) is 4.98 Å². The molecule has 0 radical (unpaired) electrons. The number of esters is 1. The number of likely N-dealkylation sites (tertiary alicyclic amines) is 1. The fourth-order valence-electron chi connectivity index (χ4n) is 4.28. The SMILES string of the molecule is CCOC(=O)C1CC[NH+](CC(=O)c2c(-c3ccc(F)cc3)[nH]c3ccccc23)CC1. The number of carbonyl (C=O) groups is 2.